The molecule has 0 unspecified atom stereocenters. The number of carbonyl (C=O) groups is 1. The van der Waals surface area contributed by atoms with E-state index in [-0.39, 0.29) is 17.3 Å². The van der Waals surface area contributed by atoms with E-state index in [2.05, 4.69) is 11.6 Å². The van der Waals surface area contributed by atoms with Crippen molar-refractivity contribution in [1.82, 2.24) is 5.32 Å². The van der Waals surface area contributed by atoms with E-state index >= 15 is 0 Å². The van der Waals surface area contributed by atoms with E-state index in [0.29, 0.717) is 12.1 Å². The Morgan fingerprint density at radius 3 is 2.74 bits per heavy atom. The van der Waals surface area contributed by atoms with Crippen LogP contribution in [0.3, 0.4) is 0 Å². The van der Waals surface area contributed by atoms with Gasteiger partial charge in [-0.3, -0.25) is 4.79 Å². The van der Waals surface area contributed by atoms with Crippen LogP contribution in [0.1, 0.15) is 36.0 Å². The maximum absolute atomic E-state index is 11.8. The Labute approximate surface area is 118 Å². The summed E-state index contributed by atoms with van der Waals surface area (Å²) in [6.45, 7) is 0.670. The number of unbranched alkanes of at least 4 members (excludes halogenated alkanes) is 3. The van der Waals surface area contributed by atoms with Crippen molar-refractivity contribution in [3.8, 4) is 5.75 Å². The molecule has 1 rings (SSSR count). The quantitative estimate of drug-likeness (QED) is 0.389. The van der Waals surface area contributed by atoms with Crippen LogP contribution < -0.4 is 11.1 Å². The molecule has 0 spiro atoms. The molecule has 0 saturated carbocycles. The van der Waals surface area contributed by atoms with Crippen molar-refractivity contribution < 1.29 is 9.90 Å². The zero-order chi connectivity index (χ0) is 14.1. The lowest BCUT2D eigenvalue weighted by Gasteiger charge is -2.06. The lowest BCUT2D eigenvalue weighted by molar-refractivity contribution is 0.0952. The van der Waals surface area contributed by atoms with Gasteiger partial charge in [-0.05, 0) is 43.0 Å². The number of carbonyl (C=O) groups excluding carboxylic acids is 1. The standard InChI is InChI=1S/C14H22N2O2S/c1-19-9-5-3-2-4-8-16-14(18)11-6-7-12(15)13(17)10-11/h6-7,10,17H,2-5,8-9,15H2,1H3,(H,16,18). The summed E-state index contributed by atoms with van der Waals surface area (Å²) in [5.74, 6) is 0.987. The second-order valence-electron chi connectivity index (χ2n) is 4.44. The molecule has 0 atom stereocenters. The number of benzene rings is 1. The average Bonchev–Trinajstić information content (AvgIpc) is 2.40. The number of phenols is 1. The topological polar surface area (TPSA) is 75.4 Å². The zero-order valence-electron chi connectivity index (χ0n) is 11.3. The molecule has 0 bridgehead atoms. The molecule has 1 amide bonds. The van der Waals surface area contributed by atoms with Gasteiger partial charge in [0.1, 0.15) is 5.75 Å². The van der Waals surface area contributed by atoms with Crippen molar-refractivity contribution in [3.63, 3.8) is 0 Å². The van der Waals surface area contributed by atoms with Gasteiger partial charge in [0.15, 0.2) is 0 Å². The first kappa shape index (κ1) is 15.7. The minimum atomic E-state index is -0.167. The molecule has 0 saturated heterocycles. The summed E-state index contributed by atoms with van der Waals surface area (Å²) in [4.78, 5) is 11.8. The maximum Gasteiger partial charge on any atom is 0.251 e. The third-order valence-corrected chi connectivity index (χ3v) is 3.55. The van der Waals surface area contributed by atoms with Gasteiger partial charge in [0.05, 0.1) is 5.69 Å². The van der Waals surface area contributed by atoms with Crippen LogP contribution in [0.5, 0.6) is 5.75 Å². The number of phenolic OH excluding ortho intramolecular Hbond substituents is 1. The molecule has 0 radical (unpaired) electrons. The number of anilines is 1. The Morgan fingerprint density at radius 1 is 1.32 bits per heavy atom. The number of hydrogen-bond acceptors (Lipinski definition) is 4. The fraction of sp³-hybridized carbons (Fsp3) is 0.500. The lowest BCUT2D eigenvalue weighted by Crippen LogP contribution is -2.24. The molecule has 1 aromatic carbocycles. The van der Waals surface area contributed by atoms with Crippen molar-refractivity contribution in [1.29, 1.82) is 0 Å². The molecule has 4 nitrogen and oxygen atoms in total. The second-order valence-corrected chi connectivity index (χ2v) is 5.42. The number of nitrogens with two attached hydrogens (primary N) is 1. The van der Waals surface area contributed by atoms with Gasteiger partial charge in [0.2, 0.25) is 0 Å². The summed E-state index contributed by atoms with van der Waals surface area (Å²) in [5.41, 5.74) is 6.21. The van der Waals surface area contributed by atoms with Gasteiger partial charge in [0, 0.05) is 12.1 Å². The minimum Gasteiger partial charge on any atom is -0.506 e. The molecule has 0 aliphatic carbocycles. The van der Waals surface area contributed by atoms with Crippen LogP contribution in [0.4, 0.5) is 5.69 Å². The number of thioether (sulfide) groups is 1. The minimum absolute atomic E-state index is 0.0512. The Hall–Kier alpha value is -1.36. The lowest BCUT2D eigenvalue weighted by atomic mass is 10.1. The Kier molecular flexibility index (Phi) is 7.18. The monoisotopic (exact) mass is 282 g/mol. The molecule has 5 heteroatoms. The van der Waals surface area contributed by atoms with Crippen LogP contribution in [0.25, 0.3) is 0 Å². The first-order chi connectivity index (χ1) is 9.15. The highest BCUT2D eigenvalue weighted by Gasteiger charge is 2.06. The molecule has 4 N–H and O–H groups in total. The second kappa shape index (κ2) is 8.69. The van der Waals surface area contributed by atoms with Gasteiger partial charge in [-0.15, -0.1) is 0 Å². The molecule has 0 heterocycles. The summed E-state index contributed by atoms with van der Waals surface area (Å²) in [6, 6.07) is 4.54. The Balaban J connectivity index is 2.22. The predicted molar refractivity (Wildman–Crippen MR) is 81.7 cm³/mol. The summed E-state index contributed by atoms with van der Waals surface area (Å²) in [7, 11) is 0. The van der Waals surface area contributed by atoms with Crippen LogP contribution in [-0.4, -0.2) is 29.6 Å². The molecule has 0 fully saturated rings. The van der Waals surface area contributed by atoms with Crippen molar-refractivity contribution in [2.45, 2.75) is 25.7 Å². The summed E-state index contributed by atoms with van der Waals surface area (Å²) in [5, 5.41) is 12.3. The fourth-order valence-electron chi connectivity index (χ4n) is 1.71. The molecule has 0 aliphatic heterocycles. The third-order valence-electron chi connectivity index (χ3n) is 2.85. The van der Waals surface area contributed by atoms with Crippen molar-refractivity contribution in [2.24, 2.45) is 0 Å². The molecular weight excluding hydrogens is 260 g/mol. The van der Waals surface area contributed by atoms with E-state index in [1.165, 1.54) is 30.7 Å². The molecular formula is C14H22N2O2S. The average molecular weight is 282 g/mol. The van der Waals surface area contributed by atoms with E-state index in [0.717, 1.165) is 12.8 Å². The van der Waals surface area contributed by atoms with E-state index in [1.807, 2.05) is 11.8 Å². The Bertz CT molecular complexity index is 410. The number of hydrogen-bond donors (Lipinski definition) is 3. The van der Waals surface area contributed by atoms with Crippen LogP contribution in [0, 0.1) is 0 Å². The van der Waals surface area contributed by atoms with Crippen LogP contribution in [-0.2, 0) is 0 Å². The van der Waals surface area contributed by atoms with Gasteiger partial charge in [-0.1, -0.05) is 12.8 Å². The Morgan fingerprint density at radius 2 is 2.05 bits per heavy atom. The highest BCUT2D eigenvalue weighted by Crippen LogP contribution is 2.20. The van der Waals surface area contributed by atoms with Crippen LogP contribution in [0.2, 0.25) is 0 Å². The van der Waals surface area contributed by atoms with Crippen molar-refractivity contribution >= 4 is 23.4 Å². The number of amides is 1. The number of rotatable bonds is 8. The normalized spacial score (nSPS) is 10.4. The molecule has 0 aromatic heterocycles. The fourth-order valence-corrected chi connectivity index (χ4v) is 2.21. The first-order valence-electron chi connectivity index (χ1n) is 6.50. The number of nitrogen functional groups attached to an aromatic ring is 1. The van der Waals surface area contributed by atoms with Gasteiger partial charge in [-0.25, -0.2) is 0 Å². The highest BCUT2D eigenvalue weighted by atomic mass is 32.2. The SMILES string of the molecule is CSCCCCCCNC(=O)c1ccc(N)c(O)c1. The largest absolute Gasteiger partial charge is 0.506 e. The van der Waals surface area contributed by atoms with Gasteiger partial charge < -0.3 is 16.2 Å². The molecule has 19 heavy (non-hydrogen) atoms. The molecule has 106 valence electrons. The van der Waals surface area contributed by atoms with Gasteiger partial charge >= 0.3 is 0 Å². The smallest absolute Gasteiger partial charge is 0.251 e. The third kappa shape index (κ3) is 5.87. The van der Waals surface area contributed by atoms with Crippen LogP contribution in [0.15, 0.2) is 18.2 Å². The summed E-state index contributed by atoms with van der Waals surface area (Å²) in [6.07, 6.45) is 6.68. The molecule has 0 aliphatic rings. The molecule has 1 aromatic rings. The van der Waals surface area contributed by atoms with Crippen molar-refractivity contribution in [2.75, 3.05) is 24.3 Å². The van der Waals surface area contributed by atoms with E-state index in [9.17, 15) is 9.90 Å². The first-order valence-corrected chi connectivity index (χ1v) is 7.90. The highest BCUT2D eigenvalue weighted by molar-refractivity contribution is 7.98. The van der Waals surface area contributed by atoms with E-state index in [1.54, 1.807) is 6.07 Å². The maximum atomic E-state index is 11.8. The summed E-state index contributed by atoms with van der Waals surface area (Å²) < 4.78 is 0. The predicted octanol–water partition coefficient (Wildman–Crippen LogP) is 2.63. The zero-order valence-corrected chi connectivity index (χ0v) is 12.1. The van der Waals surface area contributed by atoms with E-state index < -0.39 is 0 Å². The number of nitrogens with one attached hydrogen (secondary N) is 1. The van der Waals surface area contributed by atoms with Crippen LogP contribution >= 0.6 is 11.8 Å². The van der Waals surface area contributed by atoms with Crippen molar-refractivity contribution in [3.05, 3.63) is 23.8 Å². The van der Waals surface area contributed by atoms with Gasteiger partial charge in [0.25, 0.3) is 5.91 Å². The summed E-state index contributed by atoms with van der Waals surface area (Å²) >= 11 is 1.87. The van der Waals surface area contributed by atoms with E-state index in [4.69, 9.17) is 5.73 Å². The number of aromatic hydroxyl groups is 1. The van der Waals surface area contributed by atoms with Gasteiger partial charge in [-0.2, -0.15) is 11.8 Å².